The molecule has 0 aliphatic heterocycles. The van der Waals surface area contributed by atoms with E-state index in [0.29, 0.717) is 0 Å². The number of aromatic hydroxyl groups is 2. The predicted molar refractivity (Wildman–Crippen MR) is 82.2 cm³/mol. The molecule has 0 fully saturated rings. The molecule has 0 unspecified atom stereocenters. The first-order chi connectivity index (χ1) is 11.3. The second-order valence-corrected chi connectivity index (χ2v) is 4.69. The smallest absolute Gasteiger partial charge is 0.336 e. The fraction of sp³-hybridized carbons (Fsp3) is 0.125. The van der Waals surface area contributed by atoms with Crippen LogP contribution in [0, 0.1) is 0 Å². The molecular formula is C16H14O8. The zero-order valence-corrected chi connectivity index (χ0v) is 12.7. The summed E-state index contributed by atoms with van der Waals surface area (Å²) in [4.78, 5) is 23.1. The van der Waals surface area contributed by atoms with Crippen LogP contribution in [0.25, 0.3) is 11.1 Å². The first-order valence-electron chi connectivity index (χ1n) is 6.60. The second kappa shape index (κ2) is 6.37. The highest BCUT2D eigenvalue weighted by Gasteiger charge is 2.28. The summed E-state index contributed by atoms with van der Waals surface area (Å²) in [6.07, 6.45) is 0. The molecule has 0 radical (unpaired) electrons. The van der Waals surface area contributed by atoms with Crippen molar-refractivity contribution in [1.82, 2.24) is 0 Å². The van der Waals surface area contributed by atoms with Crippen LogP contribution in [0.4, 0.5) is 0 Å². The summed E-state index contributed by atoms with van der Waals surface area (Å²) >= 11 is 0. The first-order valence-corrected chi connectivity index (χ1v) is 6.60. The Bertz CT molecular complexity index is 756. The van der Waals surface area contributed by atoms with E-state index in [1.54, 1.807) is 0 Å². The number of carboxylic acids is 2. The maximum atomic E-state index is 11.6. The average Bonchev–Trinajstić information content (AvgIpc) is 2.53. The molecule has 8 nitrogen and oxygen atoms in total. The number of benzene rings is 2. The fourth-order valence-corrected chi connectivity index (χ4v) is 2.41. The van der Waals surface area contributed by atoms with Gasteiger partial charge in [0.25, 0.3) is 0 Å². The van der Waals surface area contributed by atoms with Crippen LogP contribution in [0.1, 0.15) is 20.7 Å². The van der Waals surface area contributed by atoms with Crippen LogP contribution in [0.5, 0.6) is 23.0 Å². The van der Waals surface area contributed by atoms with E-state index in [4.69, 9.17) is 9.47 Å². The van der Waals surface area contributed by atoms with Crippen molar-refractivity contribution in [2.24, 2.45) is 0 Å². The lowest BCUT2D eigenvalue weighted by molar-refractivity contribution is 0.0684. The monoisotopic (exact) mass is 334 g/mol. The first kappa shape index (κ1) is 16.9. The molecule has 0 saturated carbocycles. The van der Waals surface area contributed by atoms with Crippen LogP contribution in [0.3, 0.4) is 0 Å². The predicted octanol–water partition coefficient (Wildman–Crippen LogP) is 2.18. The van der Waals surface area contributed by atoms with E-state index in [0.717, 1.165) is 24.3 Å². The lowest BCUT2D eigenvalue weighted by atomic mass is 9.92. The number of phenolic OH excluding ortho intramolecular Hbond substituents is 2. The van der Waals surface area contributed by atoms with Crippen molar-refractivity contribution >= 4 is 11.9 Å². The minimum absolute atomic E-state index is 0.213. The number of rotatable bonds is 5. The van der Waals surface area contributed by atoms with Gasteiger partial charge in [-0.3, -0.25) is 0 Å². The molecule has 0 atom stereocenters. The van der Waals surface area contributed by atoms with Crippen molar-refractivity contribution in [1.29, 1.82) is 0 Å². The third kappa shape index (κ3) is 2.65. The van der Waals surface area contributed by atoms with Crippen molar-refractivity contribution < 1.29 is 39.5 Å². The van der Waals surface area contributed by atoms with E-state index in [1.807, 2.05) is 0 Å². The highest BCUT2D eigenvalue weighted by molar-refractivity contribution is 6.06. The van der Waals surface area contributed by atoms with E-state index < -0.39 is 11.9 Å². The quantitative estimate of drug-likeness (QED) is 0.654. The Kier molecular flexibility index (Phi) is 4.50. The molecular weight excluding hydrogens is 320 g/mol. The summed E-state index contributed by atoms with van der Waals surface area (Å²) in [5.41, 5.74) is -1.07. The molecule has 0 amide bonds. The van der Waals surface area contributed by atoms with Crippen LogP contribution in [-0.4, -0.2) is 46.6 Å². The third-order valence-electron chi connectivity index (χ3n) is 3.39. The van der Waals surface area contributed by atoms with Crippen LogP contribution in [0.2, 0.25) is 0 Å². The summed E-state index contributed by atoms with van der Waals surface area (Å²) in [6.45, 7) is 0. The molecule has 126 valence electrons. The van der Waals surface area contributed by atoms with Gasteiger partial charge in [0.15, 0.2) is 23.0 Å². The van der Waals surface area contributed by atoms with Gasteiger partial charge in [-0.1, -0.05) is 0 Å². The van der Waals surface area contributed by atoms with Crippen molar-refractivity contribution in [3.05, 3.63) is 35.4 Å². The van der Waals surface area contributed by atoms with Gasteiger partial charge in [0, 0.05) is 11.1 Å². The fourth-order valence-electron chi connectivity index (χ4n) is 2.41. The van der Waals surface area contributed by atoms with Gasteiger partial charge in [-0.15, -0.1) is 0 Å². The Labute approximate surface area is 136 Å². The standard InChI is InChI=1S/C16H14O8/c1-23-13-9(17)5-3-7(15(19)20)11(13)12-8(16(21)22)4-6-10(18)14(12)24-2/h3-6,17-18H,1-2H3,(H,19,20)(H,21,22). The molecule has 0 bridgehead atoms. The molecule has 4 N–H and O–H groups in total. The zero-order valence-electron chi connectivity index (χ0n) is 12.7. The number of methoxy groups -OCH3 is 2. The Balaban J connectivity index is 3.05. The summed E-state index contributed by atoms with van der Waals surface area (Å²) in [6, 6.07) is 4.43. The Morgan fingerprint density at radius 3 is 1.33 bits per heavy atom. The summed E-state index contributed by atoms with van der Waals surface area (Å²) in [7, 11) is 2.39. The molecule has 0 aliphatic rings. The SMILES string of the molecule is COc1c(O)ccc(C(=O)O)c1-c1c(C(=O)O)ccc(O)c1OC. The minimum Gasteiger partial charge on any atom is -0.504 e. The van der Waals surface area contributed by atoms with Crippen molar-refractivity contribution in [2.45, 2.75) is 0 Å². The van der Waals surface area contributed by atoms with Crippen molar-refractivity contribution in [3.8, 4) is 34.1 Å². The summed E-state index contributed by atoms with van der Waals surface area (Å²) in [5.74, 6) is -4.02. The number of carbonyl (C=O) groups is 2. The van der Waals surface area contributed by atoms with E-state index in [1.165, 1.54) is 14.2 Å². The number of hydrogen-bond donors (Lipinski definition) is 4. The molecule has 0 aromatic heterocycles. The van der Waals surface area contributed by atoms with Gasteiger partial charge < -0.3 is 29.9 Å². The number of carboxylic acid groups (broad SMARTS) is 2. The van der Waals surface area contributed by atoms with Gasteiger partial charge in [0.05, 0.1) is 25.3 Å². The molecule has 2 rings (SSSR count). The lowest BCUT2D eigenvalue weighted by Gasteiger charge is -2.18. The van der Waals surface area contributed by atoms with E-state index in [9.17, 15) is 30.0 Å². The molecule has 8 heteroatoms. The summed E-state index contributed by atoms with van der Waals surface area (Å²) < 4.78 is 10.1. The van der Waals surface area contributed by atoms with Gasteiger partial charge in [-0.25, -0.2) is 9.59 Å². The van der Waals surface area contributed by atoms with E-state index in [2.05, 4.69) is 0 Å². The average molecular weight is 334 g/mol. The van der Waals surface area contributed by atoms with Gasteiger partial charge >= 0.3 is 11.9 Å². The topological polar surface area (TPSA) is 134 Å². The van der Waals surface area contributed by atoms with Crippen LogP contribution in [0.15, 0.2) is 24.3 Å². The van der Waals surface area contributed by atoms with Gasteiger partial charge in [0.2, 0.25) is 0 Å². The second-order valence-electron chi connectivity index (χ2n) is 4.69. The number of phenols is 2. The molecule has 24 heavy (non-hydrogen) atoms. The zero-order chi connectivity index (χ0) is 18.0. The largest absolute Gasteiger partial charge is 0.504 e. The molecule has 0 saturated heterocycles. The van der Waals surface area contributed by atoms with Crippen molar-refractivity contribution in [3.63, 3.8) is 0 Å². The van der Waals surface area contributed by atoms with Crippen molar-refractivity contribution in [2.75, 3.05) is 14.2 Å². The van der Waals surface area contributed by atoms with Crippen LogP contribution < -0.4 is 9.47 Å². The molecule has 2 aromatic carbocycles. The Morgan fingerprint density at radius 1 is 0.750 bits per heavy atom. The van der Waals surface area contributed by atoms with Crippen LogP contribution >= 0.6 is 0 Å². The lowest BCUT2D eigenvalue weighted by Crippen LogP contribution is -2.07. The van der Waals surface area contributed by atoms with Gasteiger partial charge in [0.1, 0.15) is 0 Å². The Morgan fingerprint density at radius 2 is 1.08 bits per heavy atom. The normalized spacial score (nSPS) is 10.2. The maximum absolute atomic E-state index is 11.6. The van der Waals surface area contributed by atoms with E-state index >= 15 is 0 Å². The Hall–Kier alpha value is -3.42. The van der Waals surface area contributed by atoms with Gasteiger partial charge in [-0.2, -0.15) is 0 Å². The third-order valence-corrected chi connectivity index (χ3v) is 3.39. The molecule has 0 heterocycles. The highest BCUT2D eigenvalue weighted by Crippen LogP contribution is 2.48. The summed E-state index contributed by atoms with van der Waals surface area (Å²) in [5, 5.41) is 38.7. The molecule has 2 aromatic rings. The molecule has 0 aliphatic carbocycles. The number of aromatic carboxylic acids is 2. The maximum Gasteiger partial charge on any atom is 0.336 e. The number of ether oxygens (including phenoxy) is 2. The van der Waals surface area contributed by atoms with Crippen LogP contribution in [-0.2, 0) is 0 Å². The van der Waals surface area contributed by atoms with E-state index in [-0.39, 0.29) is 45.3 Å². The van der Waals surface area contributed by atoms with Gasteiger partial charge in [-0.05, 0) is 24.3 Å². The number of hydrogen-bond acceptors (Lipinski definition) is 6. The minimum atomic E-state index is -1.37. The highest BCUT2D eigenvalue weighted by atomic mass is 16.5. The molecule has 0 spiro atoms.